The highest BCUT2D eigenvalue weighted by atomic mass is 19.1. The van der Waals surface area contributed by atoms with Crippen molar-refractivity contribution in [2.24, 2.45) is 0 Å². The summed E-state index contributed by atoms with van der Waals surface area (Å²) in [5.41, 5.74) is 0.235. The third-order valence-electron chi connectivity index (χ3n) is 3.10. The van der Waals surface area contributed by atoms with Gasteiger partial charge in [0, 0.05) is 31.8 Å². The van der Waals surface area contributed by atoms with Crippen molar-refractivity contribution in [2.75, 3.05) is 26.7 Å². The molecule has 6 heteroatoms. The number of oxazole rings is 1. The number of hydrogen-bond acceptors (Lipinski definition) is 4. The van der Waals surface area contributed by atoms with Crippen molar-refractivity contribution >= 4 is 11.1 Å². The molecule has 0 bridgehead atoms. The molecule has 1 fully saturated rings. The molecule has 1 aliphatic heterocycles. The lowest BCUT2D eigenvalue weighted by atomic mass is 10.2. The maximum Gasteiger partial charge on any atom is 0.214 e. The number of halogens is 2. The Balaban J connectivity index is 2.00. The monoisotopic (exact) mass is 253 g/mol. The van der Waals surface area contributed by atoms with Crippen LogP contribution >= 0.6 is 0 Å². The maximum atomic E-state index is 13.5. The number of rotatable bonds is 1. The molecule has 96 valence electrons. The summed E-state index contributed by atoms with van der Waals surface area (Å²) >= 11 is 0. The number of fused-ring (bicyclic) bond motifs is 1. The second-order valence-corrected chi connectivity index (χ2v) is 4.56. The van der Waals surface area contributed by atoms with E-state index in [1.54, 1.807) is 0 Å². The highest BCUT2D eigenvalue weighted by molar-refractivity contribution is 5.73. The van der Waals surface area contributed by atoms with Crippen LogP contribution in [-0.4, -0.2) is 36.6 Å². The van der Waals surface area contributed by atoms with Gasteiger partial charge in [-0.15, -0.1) is 0 Å². The van der Waals surface area contributed by atoms with E-state index in [0.717, 1.165) is 25.7 Å². The zero-order chi connectivity index (χ0) is 12.7. The van der Waals surface area contributed by atoms with E-state index in [-0.39, 0.29) is 17.1 Å². The van der Waals surface area contributed by atoms with Crippen LogP contribution in [0.3, 0.4) is 0 Å². The van der Waals surface area contributed by atoms with E-state index < -0.39 is 11.6 Å². The highest BCUT2D eigenvalue weighted by Gasteiger charge is 2.24. The smallest absolute Gasteiger partial charge is 0.214 e. The Labute approximate surface area is 103 Å². The predicted molar refractivity (Wildman–Crippen MR) is 62.2 cm³/mol. The first-order valence-corrected chi connectivity index (χ1v) is 5.81. The fourth-order valence-corrected chi connectivity index (χ4v) is 2.19. The second-order valence-electron chi connectivity index (χ2n) is 4.56. The molecule has 1 atom stereocenters. The number of piperazine rings is 1. The minimum Gasteiger partial charge on any atom is -0.436 e. The Morgan fingerprint density at radius 2 is 2.28 bits per heavy atom. The van der Waals surface area contributed by atoms with Gasteiger partial charge in [-0.05, 0) is 7.05 Å². The Hall–Kier alpha value is -1.53. The zero-order valence-corrected chi connectivity index (χ0v) is 9.91. The van der Waals surface area contributed by atoms with Crippen LogP contribution in [0.1, 0.15) is 11.9 Å². The fraction of sp³-hybridized carbons (Fsp3) is 0.417. The van der Waals surface area contributed by atoms with Crippen LogP contribution in [0.25, 0.3) is 11.1 Å². The van der Waals surface area contributed by atoms with Gasteiger partial charge in [-0.3, -0.25) is 0 Å². The molecule has 0 saturated carbocycles. The van der Waals surface area contributed by atoms with Crippen molar-refractivity contribution in [3.05, 3.63) is 29.7 Å². The van der Waals surface area contributed by atoms with E-state index in [1.807, 2.05) is 7.05 Å². The van der Waals surface area contributed by atoms with Gasteiger partial charge >= 0.3 is 0 Å². The Kier molecular flexibility index (Phi) is 2.76. The van der Waals surface area contributed by atoms with Crippen molar-refractivity contribution in [2.45, 2.75) is 6.04 Å². The van der Waals surface area contributed by atoms with Gasteiger partial charge in [0.15, 0.2) is 11.4 Å². The van der Waals surface area contributed by atoms with E-state index in [9.17, 15) is 8.78 Å². The quantitative estimate of drug-likeness (QED) is 0.839. The summed E-state index contributed by atoms with van der Waals surface area (Å²) in [5.74, 6) is -0.956. The number of hydrogen-bond donors (Lipinski definition) is 1. The lowest BCUT2D eigenvalue weighted by Gasteiger charge is -2.28. The van der Waals surface area contributed by atoms with Crippen LogP contribution in [-0.2, 0) is 0 Å². The summed E-state index contributed by atoms with van der Waals surface area (Å²) in [4.78, 5) is 6.29. The van der Waals surface area contributed by atoms with Crippen molar-refractivity contribution in [3.63, 3.8) is 0 Å². The summed E-state index contributed by atoms with van der Waals surface area (Å²) < 4.78 is 32.0. The lowest BCUT2D eigenvalue weighted by Crippen LogP contribution is -2.43. The zero-order valence-electron chi connectivity index (χ0n) is 9.91. The van der Waals surface area contributed by atoms with Crippen LogP contribution in [0.15, 0.2) is 16.5 Å². The van der Waals surface area contributed by atoms with Crippen LogP contribution in [0.2, 0.25) is 0 Å². The molecule has 1 aromatic carbocycles. The van der Waals surface area contributed by atoms with E-state index in [2.05, 4.69) is 15.2 Å². The Morgan fingerprint density at radius 3 is 3.06 bits per heavy atom. The molecular weight excluding hydrogens is 240 g/mol. The molecule has 1 N–H and O–H groups in total. The summed E-state index contributed by atoms with van der Waals surface area (Å²) in [7, 11) is 2.00. The molecule has 3 rings (SSSR count). The van der Waals surface area contributed by atoms with E-state index in [1.165, 1.54) is 6.07 Å². The standard InChI is InChI=1S/C12H13F2N3O/c1-17-3-2-15-10(6-17)12-16-9-5-7(13)4-8(14)11(9)18-12/h4-5,10,15H,2-3,6H2,1H3. The molecule has 0 aliphatic carbocycles. The summed E-state index contributed by atoms with van der Waals surface area (Å²) in [5, 5.41) is 3.25. The largest absolute Gasteiger partial charge is 0.436 e. The SMILES string of the molecule is CN1CCNC(c2nc3cc(F)cc(F)c3o2)C1. The number of benzene rings is 1. The Morgan fingerprint density at radius 1 is 1.44 bits per heavy atom. The molecule has 0 radical (unpaired) electrons. The molecule has 0 amide bonds. The van der Waals surface area contributed by atoms with Gasteiger partial charge in [0.2, 0.25) is 5.89 Å². The molecule has 2 aromatic rings. The molecule has 1 aliphatic rings. The van der Waals surface area contributed by atoms with Crippen LogP contribution in [0, 0.1) is 11.6 Å². The first-order valence-electron chi connectivity index (χ1n) is 5.81. The third kappa shape index (κ3) is 1.97. The average Bonchev–Trinajstić information content (AvgIpc) is 2.73. The topological polar surface area (TPSA) is 41.3 Å². The normalized spacial score (nSPS) is 21.6. The number of nitrogens with one attached hydrogen (secondary N) is 1. The van der Waals surface area contributed by atoms with E-state index in [4.69, 9.17) is 4.42 Å². The van der Waals surface area contributed by atoms with Crippen molar-refractivity contribution in [1.82, 2.24) is 15.2 Å². The minimum absolute atomic E-state index is 0.0152. The van der Waals surface area contributed by atoms with Gasteiger partial charge in [-0.25, -0.2) is 13.8 Å². The van der Waals surface area contributed by atoms with Gasteiger partial charge in [0.1, 0.15) is 11.3 Å². The summed E-state index contributed by atoms with van der Waals surface area (Å²) in [6, 6.07) is 1.90. The summed E-state index contributed by atoms with van der Waals surface area (Å²) in [6.07, 6.45) is 0. The molecule has 1 aromatic heterocycles. The molecule has 1 unspecified atom stereocenters. The van der Waals surface area contributed by atoms with Gasteiger partial charge in [-0.2, -0.15) is 0 Å². The van der Waals surface area contributed by atoms with Crippen molar-refractivity contribution in [3.8, 4) is 0 Å². The van der Waals surface area contributed by atoms with Crippen LogP contribution in [0.4, 0.5) is 8.78 Å². The van der Waals surface area contributed by atoms with Crippen LogP contribution in [0.5, 0.6) is 0 Å². The van der Waals surface area contributed by atoms with E-state index >= 15 is 0 Å². The molecule has 4 nitrogen and oxygen atoms in total. The number of likely N-dealkylation sites (N-methyl/N-ethyl adjacent to an activating group) is 1. The maximum absolute atomic E-state index is 13.5. The van der Waals surface area contributed by atoms with Gasteiger partial charge in [0.05, 0.1) is 6.04 Å². The third-order valence-corrected chi connectivity index (χ3v) is 3.10. The Bertz CT molecular complexity index is 584. The molecular formula is C12H13F2N3O. The highest BCUT2D eigenvalue weighted by Crippen LogP contribution is 2.24. The second kappa shape index (κ2) is 4.29. The fourth-order valence-electron chi connectivity index (χ4n) is 2.19. The minimum atomic E-state index is -0.715. The van der Waals surface area contributed by atoms with Gasteiger partial charge < -0.3 is 14.6 Å². The molecule has 1 saturated heterocycles. The average molecular weight is 253 g/mol. The molecule has 0 spiro atoms. The summed E-state index contributed by atoms with van der Waals surface area (Å²) in [6.45, 7) is 2.49. The lowest BCUT2D eigenvalue weighted by molar-refractivity contribution is 0.220. The number of nitrogens with zero attached hydrogens (tertiary/aromatic N) is 2. The van der Waals surface area contributed by atoms with Gasteiger partial charge in [-0.1, -0.05) is 0 Å². The first-order chi connectivity index (χ1) is 8.63. The first kappa shape index (κ1) is 11.6. The van der Waals surface area contributed by atoms with Crippen molar-refractivity contribution < 1.29 is 13.2 Å². The van der Waals surface area contributed by atoms with E-state index in [0.29, 0.717) is 5.89 Å². The van der Waals surface area contributed by atoms with Gasteiger partial charge in [0.25, 0.3) is 0 Å². The van der Waals surface area contributed by atoms with Crippen LogP contribution < -0.4 is 5.32 Å². The molecule has 2 heterocycles. The number of aromatic nitrogens is 1. The molecule has 18 heavy (non-hydrogen) atoms. The van der Waals surface area contributed by atoms with Crippen molar-refractivity contribution in [1.29, 1.82) is 0 Å². The predicted octanol–water partition coefficient (Wildman–Crippen LogP) is 1.68.